The second kappa shape index (κ2) is 6.78. The van der Waals surface area contributed by atoms with Crippen LogP contribution in [0, 0.1) is 0 Å². The number of carbonyl (C=O) groups is 1. The van der Waals surface area contributed by atoms with Gasteiger partial charge in [-0.2, -0.15) is 0 Å². The van der Waals surface area contributed by atoms with Gasteiger partial charge in [-0.15, -0.1) is 13.2 Å². The Morgan fingerprint density at radius 3 is 2.55 bits per heavy atom. The predicted octanol–water partition coefficient (Wildman–Crippen LogP) is 3.06. The van der Waals surface area contributed by atoms with Crippen LogP contribution in [0.25, 0.3) is 0 Å². The van der Waals surface area contributed by atoms with Crippen molar-refractivity contribution >= 4 is 21.9 Å². The van der Waals surface area contributed by atoms with E-state index in [0.717, 1.165) is 6.07 Å². The van der Waals surface area contributed by atoms with Gasteiger partial charge in [0.1, 0.15) is 0 Å². The number of rotatable bonds is 5. The van der Waals surface area contributed by atoms with Gasteiger partial charge in [-0.3, -0.25) is 0 Å². The number of methoxy groups -OCH3 is 1. The Morgan fingerprint density at radius 2 is 2.10 bits per heavy atom. The SMILES string of the molecule is CCOC(=O)c1nc(OC)c(CBr)cc1OC(F)(F)F. The fourth-order valence-corrected chi connectivity index (χ4v) is 1.74. The summed E-state index contributed by atoms with van der Waals surface area (Å²) in [6.07, 6.45) is -4.94. The van der Waals surface area contributed by atoms with Crippen LogP contribution < -0.4 is 9.47 Å². The number of aromatic nitrogens is 1. The monoisotopic (exact) mass is 357 g/mol. The van der Waals surface area contributed by atoms with Crippen LogP contribution >= 0.6 is 15.9 Å². The van der Waals surface area contributed by atoms with Gasteiger partial charge >= 0.3 is 12.3 Å². The molecule has 0 saturated heterocycles. The Labute approximate surface area is 121 Å². The molecule has 1 rings (SSSR count). The molecule has 1 aromatic rings. The van der Waals surface area contributed by atoms with Crippen LogP contribution in [0.5, 0.6) is 11.6 Å². The summed E-state index contributed by atoms with van der Waals surface area (Å²) in [5.41, 5.74) is -0.287. The molecule has 9 heteroatoms. The molecule has 0 radical (unpaired) electrons. The first-order valence-electron chi connectivity index (χ1n) is 5.39. The maximum absolute atomic E-state index is 12.3. The van der Waals surface area contributed by atoms with E-state index in [-0.39, 0.29) is 17.8 Å². The average molecular weight is 358 g/mol. The molecule has 0 spiro atoms. The minimum atomic E-state index is -4.94. The number of alkyl halides is 4. The molecule has 1 heterocycles. The molecule has 0 unspecified atom stereocenters. The predicted molar refractivity (Wildman–Crippen MR) is 66.1 cm³/mol. The van der Waals surface area contributed by atoms with Crippen LogP contribution in [0.15, 0.2) is 6.07 Å². The fourth-order valence-electron chi connectivity index (χ4n) is 1.34. The van der Waals surface area contributed by atoms with Crippen LogP contribution in [-0.4, -0.2) is 31.0 Å². The maximum Gasteiger partial charge on any atom is 0.573 e. The van der Waals surface area contributed by atoms with Gasteiger partial charge < -0.3 is 14.2 Å². The van der Waals surface area contributed by atoms with E-state index in [0.29, 0.717) is 5.56 Å². The Bertz CT molecular complexity index is 493. The highest BCUT2D eigenvalue weighted by atomic mass is 79.9. The molecule has 0 atom stereocenters. The highest BCUT2D eigenvalue weighted by molar-refractivity contribution is 9.08. The Hall–Kier alpha value is -1.51. The van der Waals surface area contributed by atoms with Crippen molar-refractivity contribution in [3.8, 4) is 11.6 Å². The minimum absolute atomic E-state index is 0.00547. The lowest BCUT2D eigenvalue weighted by Gasteiger charge is -2.14. The van der Waals surface area contributed by atoms with E-state index in [4.69, 9.17) is 4.74 Å². The Morgan fingerprint density at radius 1 is 1.45 bits per heavy atom. The average Bonchev–Trinajstić information content (AvgIpc) is 2.36. The number of nitrogens with zero attached hydrogens (tertiary/aromatic N) is 1. The quantitative estimate of drug-likeness (QED) is 0.598. The zero-order chi connectivity index (χ0) is 15.3. The second-order valence-corrected chi connectivity index (χ2v) is 3.97. The highest BCUT2D eigenvalue weighted by Gasteiger charge is 2.34. The highest BCUT2D eigenvalue weighted by Crippen LogP contribution is 2.31. The first kappa shape index (κ1) is 16.5. The first-order valence-corrected chi connectivity index (χ1v) is 6.51. The smallest absolute Gasteiger partial charge is 0.481 e. The number of carbonyl (C=O) groups excluding carboxylic acids is 1. The molecule has 0 fully saturated rings. The summed E-state index contributed by atoms with van der Waals surface area (Å²) in [5.74, 6) is -1.74. The van der Waals surface area contributed by atoms with Crippen molar-refractivity contribution in [3.05, 3.63) is 17.3 Å². The van der Waals surface area contributed by atoms with Crippen LogP contribution in [0.3, 0.4) is 0 Å². The third kappa shape index (κ3) is 4.26. The zero-order valence-corrected chi connectivity index (χ0v) is 12.2. The van der Waals surface area contributed by atoms with Crippen molar-refractivity contribution in [2.45, 2.75) is 18.6 Å². The largest absolute Gasteiger partial charge is 0.573 e. The lowest BCUT2D eigenvalue weighted by Crippen LogP contribution is -2.21. The molecule has 0 aliphatic heterocycles. The Balaban J connectivity index is 3.32. The van der Waals surface area contributed by atoms with Gasteiger partial charge in [0.15, 0.2) is 11.4 Å². The molecule has 20 heavy (non-hydrogen) atoms. The zero-order valence-electron chi connectivity index (χ0n) is 10.6. The van der Waals surface area contributed by atoms with Crippen molar-refractivity contribution in [2.75, 3.05) is 13.7 Å². The molecular weight excluding hydrogens is 347 g/mol. The summed E-state index contributed by atoms with van der Waals surface area (Å²) in [5, 5.41) is 0.181. The van der Waals surface area contributed by atoms with E-state index in [1.54, 1.807) is 0 Å². The number of pyridine rings is 1. The lowest BCUT2D eigenvalue weighted by molar-refractivity contribution is -0.274. The summed E-state index contributed by atoms with van der Waals surface area (Å²) >= 11 is 3.08. The van der Waals surface area contributed by atoms with Gasteiger partial charge in [0.2, 0.25) is 5.88 Å². The summed E-state index contributed by atoms with van der Waals surface area (Å²) in [6.45, 7) is 1.51. The summed E-state index contributed by atoms with van der Waals surface area (Å²) in [6, 6.07) is 1.03. The molecule has 0 aliphatic carbocycles. The second-order valence-electron chi connectivity index (χ2n) is 3.41. The first-order chi connectivity index (χ1) is 9.32. The van der Waals surface area contributed by atoms with E-state index in [2.05, 4.69) is 30.4 Å². The Kier molecular flexibility index (Phi) is 5.61. The third-order valence-corrected chi connectivity index (χ3v) is 2.66. The van der Waals surface area contributed by atoms with Crippen molar-refractivity contribution < 1.29 is 32.2 Å². The van der Waals surface area contributed by atoms with Crippen molar-refractivity contribution in [3.63, 3.8) is 0 Å². The van der Waals surface area contributed by atoms with E-state index in [1.807, 2.05) is 0 Å². The van der Waals surface area contributed by atoms with Gasteiger partial charge in [0.05, 0.1) is 13.7 Å². The molecule has 0 amide bonds. The number of esters is 1. The molecule has 112 valence electrons. The minimum Gasteiger partial charge on any atom is -0.481 e. The summed E-state index contributed by atoms with van der Waals surface area (Å²) in [7, 11) is 1.29. The van der Waals surface area contributed by atoms with E-state index >= 15 is 0 Å². The van der Waals surface area contributed by atoms with Crippen LogP contribution in [0.4, 0.5) is 13.2 Å². The van der Waals surface area contributed by atoms with Gasteiger partial charge in [-0.25, -0.2) is 9.78 Å². The van der Waals surface area contributed by atoms with E-state index < -0.39 is 23.8 Å². The number of hydrogen-bond donors (Lipinski definition) is 0. The number of ether oxygens (including phenoxy) is 3. The van der Waals surface area contributed by atoms with Crippen molar-refractivity contribution in [1.29, 1.82) is 0 Å². The summed E-state index contributed by atoms with van der Waals surface area (Å²) < 4.78 is 50.4. The van der Waals surface area contributed by atoms with Gasteiger partial charge in [0.25, 0.3) is 0 Å². The van der Waals surface area contributed by atoms with E-state index in [1.165, 1.54) is 14.0 Å². The van der Waals surface area contributed by atoms with Crippen LogP contribution in [0.1, 0.15) is 23.0 Å². The van der Waals surface area contributed by atoms with Crippen molar-refractivity contribution in [2.24, 2.45) is 0 Å². The fraction of sp³-hybridized carbons (Fsp3) is 0.455. The molecule has 0 N–H and O–H groups in total. The van der Waals surface area contributed by atoms with Crippen LogP contribution in [-0.2, 0) is 10.1 Å². The molecule has 0 saturated carbocycles. The van der Waals surface area contributed by atoms with Crippen molar-refractivity contribution in [1.82, 2.24) is 4.98 Å². The molecule has 0 aromatic carbocycles. The molecule has 0 aliphatic rings. The molecular formula is C11H11BrF3NO4. The van der Waals surface area contributed by atoms with Gasteiger partial charge in [-0.05, 0) is 13.0 Å². The van der Waals surface area contributed by atoms with Gasteiger partial charge in [-0.1, -0.05) is 15.9 Å². The lowest BCUT2D eigenvalue weighted by atomic mass is 10.2. The topological polar surface area (TPSA) is 57.7 Å². The third-order valence-electron chi connectivity index (χ3n) is 2.06. The number of halogens is 4. The van der Waals surface area contributed by atoms with Gasteiger partial charge in [0, 0.05) is 10.9 Å². The standard InChI is InChI=1S/C11H11BrF3NO4/c1-3-19-10(17)8-7(20-11(13,14)15)4-6(5-12)9(16-8)18-2/h4H,3,5H2,1-2H3. The van der Waals surface area contributed by atoms with E-state index in [9.17, 15) is 18.0 Å². The summed E-state index contributed by atoms with van der Waals surface area (Å²) in [4.78, 5) is 15.3. The maximum atomic E-state index is 12.3. The number of hydrogen-bond acceptors (Lipinski definition) is 5. The molecule has 0 bridgehead atoms. The normalized spacial score (nSPS) is 11.1. The van der Waals surface area contributed by atoms with Crippen LogP contribution in [0.2, 0.25) is 0 Å². The molecule has 1 aromatic heterocycles. The molecule has 5 nitrogen and oxygen atoms in total.